The van der Waals surface area contributed by atoms with Crippen LogP contribution in [-0.4, -0.2) is 6.54 Å². The number of rotatable bonds is 6. The molecule has 0 atom stereocenters. The van der Waals surface area contributed by atoms with Gasteiger partial charge in [0.25, 0.3) is 0 Å². The first-order valence-corrected chi connectivity index (χ1v) is 7.39. The van der Waals surface area contributed by atoms with Gasteiger partial charge in [0.15, 0.2) is 0 Å². The Bertz CT molecular complexity index is 540. The van der Waals surface area contributed by atoms with Gasteiger partial charge in [0.2, 0.25) is 0 Å². The van der Waals surface area contributed by atoms with Crippen LogP contribution in [0.5, 0.6) is 0 Å². The summed E-state index contributed by atoms with van der Waals surface area (Å²) in [5.74, 6) is 0. The van der Waals surface area contributed by atoms with Crippen LogP contribution in [-0.2, 0) is 13.1 Å². The average Bonchev–Trinajstić information content (AvgIpc) is 2.48. The van der Waals surface area contributed by atoms with Crippen molar-refractivity contribution in [3.05, 3.63) is 64.7 Å². The minimum absolute atomic E-state index is 0.520. The van der Waals surface area contributed by atoms with Gasteiger partial charge in [-0.2, -0.15) is 0 Å². The Morgan fingerprint density at radius 1 is 1.05 bits per heavy atom. The summed E-state index contributed by atoms with van der Waals surface area (Å²) in [6, 6.07) is 16.5. The van der Waals surface area contributed by atoms with Crippen molar-refractivity contribution in [2.45, 2.75) is 26.4 Å². The molecule has 0 bridgehead atoms. The summed E-state index contributed by atoms with van der Waals surface area (Å²) in [4.78, 5) is 2.32. The Hall–Kier alpha value is -1.51. The summed E-state index contributed by atoms with van der Waals surface area (Å²) >= 11 is 6.41. The number of halogens is 1. The molecule has 0 aromatic heterocycles. The first-order valence-electron chi connectivity index (χ1n) is 7.02. The molecule has 0 unspecified atom stereocenters. The second-order valence-electron chi connectivity index (χ2n) is 4.90. The van der Waals surface area contributed by atoms with Gasteiger partial charge in [-0.15, -0.1) is 0 Å². The molecule has 20 heavy (non-hydrogen) atoms. The average molecular weight is 289 g/mol. The normalized spacial score (nSPS) is 10.6. The third-order valence-electron chi connectivity index (χ3n) is 3.30. The van der Waals surface area contributed by atoms with Crippen LogP contribution in [0.3, 0.4) is 0 Å². The van der Waals surface area contributed by atoms with Crippen molar-refractivity contribution >= 4 is 17.3 Å². The van der Waals surface area contributed by atoms with Crippen molar-refractivity contribution in [2.75, 3.05) is 11.4 Å². The largest absolute Gasteiger partial charge is 0.366 e. The van der Waals surface area contributed by atoms with Crippen LogP contribution in [0.4, 0.5) is 5.69 Å². The van der Waals surface area contributed by atoms with Crippen molar-refractivity contribution in [1.82, 2.24) is 0 Å². The van der Waals surface area contributed by atoms with E-state index < -0.39 is 0 Å². The number of hydrogen-bond donors (Lipinski definition) is 1. The van der Waals surface area contributed by atoms with Gasteiger partial charge < -0.3 is 10.6 Å². The van der Waals surface area contributed by atoms with E-state index in [4.69, 9.17) is 17.3 Å². The van der Waals surface area contributed by atoms with Gasteiger partial charge >= 0.3 is 0 Å². The van der Waals surface area contributed by atoms with Crippen molar-refractivity contribution < 1.29 is 0 Å². The summed E-state index contributed by atoms with van der Waals surface area (Å²) in [6.45, 7) is 4.56. The van der Waals surface area contributed by atoms with Crippen molar-refractivity contribution in [3.63, 3.8) is 0 Å². The lowest BCUT2D eigenvalue weighted by atomic mass is 10.1. The van der Waals surface area contributed by atoms with Crippen LogP contribution < -0.4 is 10.6 Å². The molecular weight excluding hydrogens is 268 g/mol. The molecule has 106 valence electrons. The zero-order valence-electron chi connectivity index (χ0n) is 11.8. The van der Waals surface area contributed by atoms with Crippen LogP contribution in [0.1, 0.15) is 24.5 Å². The summed E-state index contributed by atoms with van der Waals surface area (Å²) in [7, 11) is 0. The molecule has 0 heterocycles. The predicted octanol–water partition coefficient (Wildman–Crippen LogP) is 4.22. The molecule has 2 N–H and O–H groups in total. The zero-order valence-corrected chi connectivity index (χ0v) is 12.6. The molecule has 3 heteroatoms. The summed E-state index contributed by atoms with van der Waals surface area (Å²) < 4.78 is 0. The molecule has 0 saturated heterocycles. The Balaban J connectivity index is 2.24. The minimum atomic E-state index is 0.520. The summed E-state index contributed by atoms with van der Waals surface area (Å²) in [5, 5.41) is 0.775. The predicted molar refractivity (Wildman–Crippen MR) is 87.1 cm³/mol. The maximum atomic E-state index is 6.41. The minimum Gasteiger partial charge on any atom is -0.366 e. The molecule has 0 amide bonds. The third-order valence-corrected chi connectivity index (χ3v) is 3.60. The highest BCUT2D eigenvalue weighted by molar-refractivity contribution is 6.33. The van der Waals surface area contributed by atoms with E-state index in [1.807, 2.05) is 12.1 Å². The second-order valence-corrected chi connectivity index (χ2v) is 5.30. The summed E-state index contributed by atoms with van der Waals surface area (Å²) in [6.07, 6.45) is 1.09. The second kappa shape index (κ2) is 7.32. The molecule has 0 radical (unpaired) electrons. The molecule has 0 aliphatic carbocycles. The molecule has 0 aliphatic heterocycles. The zero-order chi connectivity index (χ0) is 14.4. The lowest BCUT2D eigenvalue weighted by molar-refractivity contribution is 0.767. The molecule has 2 aromatic carbocycles. The van der Waals surface area contributed by atoms with E-state index in [0.717, 1.165) is 35.8 Å². The molecule has 0 aliphatic rings. The Morgan fingerprint density at radius 2 is 1.80 bits per heavy atom. The quantitative estimate of drug-likeness (QED) is 0.862. The smallest absolute Gasteiger partial charge is 0.0642 e. The lowest BCUT2D eigenvalue weighted by Gasteiger charge is -2.26. The van der Waals surface area contributed by atoms with Crippen LogP contribution >= 0.6 is 11.6 Å². The maximum absolute atomic E-state index is 6.41. The number of nitrogens with zero attached hydrogens (tertiary/aromatic N) is 1. The van der Waals surface area contributed by atoms with Crippen LogP contribution in [0.2, 0.25) is 5.02 Å². The molecule has 2 nitrogen and oxygen atoms in total. The first kappa shape index (κ1) is 14.9. The summed E-state index contributed by atoms with van der Waals surface area (Å²) in [5.41, 5.74) is 9.09. The van der Waals surface area contributed by atoms with Gasteiger partial charge in [0, 0.05) is 19.6 Å². The van der Waals surface area contributed by atoms with Gasteiger partial charge in [0.1, 0.15) is 0 Å². The molecule has 0 fully saturated rings. The van der Waals surface area contributed by atoms with E-state index in [0.29, 0.717) is 6.54 Å². The van der Waals surface area contributed by atoms with Gasteiger partial charge in [-0.3, -0.25) is 0 Å². The standard InChI is InChI=1S/C17H21ClN2/c1-2-10-20(13-14-6-4-3-5-7-14)17-9-8-15(12-19)11-16(17)18/h3-9,11H,2,10,12-13,19H2,1H3. The van der Waals surface area contributed by atoms with E-state index in [1.165, 1.54) is 5.56 Å². The Labute approximate surface area is 126 Å². The fourth-order valence-corrected chi connectivity index (χ4v) is 2.61. The van der Waals surface area contributed by atoms with Gasteiger partial charge in [-0.1, -0.05) is 54.9 Å². The van der Waals surface area contributed by atoms with Gasteiger partial charge in [-0.25, -0.2) is 0 Å². The highest BCUT2D eigenvalue weighted by Crippen LogP contribution is 2.28. The Morgan fingerprint density at radius 3 is 2.40 bits per heavy atom. The maximum Gasteiger partial charge on any atom is 0.0642 e. The monoisotopic (exact) mass is 288 g/mol. The highest BCUT2D eigenvalue weighted by atomic mass is 35.5. The van der Waals surface area contributed by atoms with Crippen molar-refractivity contribution in [1.29, 1.82) is 0 Å². The Kier molecular flexibility index (Phi) is 5.45. The van der Waals surface area contributed by atoms with Gasteiger partial charge in [0.05, 0.1) is 10.7 Å². The van der Waals surface area contributed by atoms with E-state index in [1.54, 1.807) is 0 Å². The third kappa shape index (κ3) is 3.75. The van der Waals surface area contributed by atoms with E-state index in [9.17, 15) is 0 Å². The highest BCUT2D eigenvalue weighted by Gasteiger charge is 2.10. The van der Waals surface area contributed by atoms with E-state index >= 15 is 0 Å². The molecule has 0 spiro atoms. The lowest BCUT2D eigenvalue weighted by Crippen LogP contribution is -2.23. The number of nitrogens with two attached hydrogens (primary N) is 1. The molecule has 2 rings (SSSR count). The molecular formula is C17H21ClN2. The SMILES string of the molecule is CCCN(Cc1ccccc1)c1ccc(CN)cc1Cl. The van der Waals surface area contributed by atoms with Crippen LogP contribution in [0.15, 0.2) is 48.5 Å². The van der Waals surface area contributed by atoms with Crippen LogP contribution in [0.25, 0.3) is 0 Å². The van der Waals surface area contributed by atoms with E-state index in [2.05, 4.69) is 48.2 Å². The fourth-order valence-electron chi connectivity index (χ4n) is 2.29. The fraction of sp³-hybridized carbons (Fsp3) is 0.294. The molecule has 2 aromatic rings. The first-order chi connectivity index (χ1) is 9.74. The van der Waals surface area contributed by atoms with Crippen molar-refractivity contribution in [3.8, 4) is 0 Å². The topological polar surface area (TPSA) is 29.3 Å². The number of hydrogen-bond acceptors (Lipinski definition) is 2. The molecule has 0 saturated carbocycles. The number of anilines is 1. The van der Waals surface area contributed by atoms with E-state index in [-0.39, 0.29) is 0 Å². The van der Waals surface area contributed by atoms with Crippen molar-refractivity contribution in [2.24, 2.45) is 5.73 Å². The van der Waals surface area contributed by atoms with Crippen LogP contribution in [0, 0.1) is 0 Å². The van der Waals surface area contributed by atoms with Gasteiger partial charge in [-0.05, 0) is 29.7 Å². The number of benzene rings is 2.